The highest BCUT2D eigenvalue weighted by molar-refractivity contribution is 9.10. The van der Waals surface area contributed by atoms with Crippen LogP contribution < -0.4 is 10.2 Å². The summed E-state index contributed by atoms with van der Waals surface area (Å²) in [5, 5.41) is 0.741. The minimum Gasteiger partial charge on any atom is -0.497 e. The molecule has 0 unspecified atom stereocenters. The summed E-state index contributed by atoms with van der Waals surface area (Å²) < 4.78 is 8.34. The first kappa shape index (κ1) is 15.8. The van der Waals surface area contributed by atoms with Gasteiger partial charge in [-0.2, -0.15) is 0 Å². The lowest BCUT2D eigenvalue weighted by molar-refractivity contribution is 0.414. The third-order valence-electron chi connectivity index (χ3n) is 4.02. The summed E-state index contributed by atoms with van der Waals surface area (Å²) in [5.74, 6) is 0.846. The van der Waals surface area contributed by atoms with Crippen LogP contribution in [0.15, 0.2) is 57.8 Å². The minimum atomic E-state index is 0.0733. The van der Waals surface area contributed by atoms with Gasteiger partial charge in [-0.15, -0.1) is 0 Å². The molecule has 0 fully saturated rings. The molecule has 0 amide bonds. The molecule has 0 saturated heterocycles. The molecule has 4 heteroatoms. The predicted molar refractivity (Wildman–Crippen MR) is 97.4 cm³/mol. The molecule has 118 valence electrons. The average Bonchev–Trinajstić information content (AvgIpc) is 2.58. The second kappa shape index (κ2) is 6.59. The number of hydrogen-bond donors (Lipinski definition) is 0. The van der Waals surface area contributed by atoms with Crippen molar-refractivity contribution in [3.63, 3.8) is 0 Å². The van der Waals surface area contributed by atoms with Crippen molar-refractivity contribution in [2.45, 2.75) is 19.9 Å². The van der Waals surface area contributed by atoms with E-state index in [2.05, 4.69) is 39.6 Å². The van der Waals surface area contributed by atoms with Crippen LogP contribution in [0.2, 0.25) is 0 Å². The van der Waals surface area contributed by atoms with E-state index in [9.17, 15) is 4.79 Å². The van der Waals surface area contributed by atoms with E-state index in [-0.39, 0.29) is 5.43 Å². The van der Waals surface area contributed by atoms with Crippen LogP contribution in [0, 0.1) is 0 Å². The van der Waals surface area contributed by atoms with Crippen molar-refractivity contribution in [1.29, 1.82) is 0 Å². The summed E-state index contributed by atoms with van der Waals surface area (Å²) in [4.78, 5) is 12.3. The highest BCUT2D eigenvalue weighted by Gasteiger charge is 2.09. The minimum absolute atomic E-state index is 0.0733. The fraction of sp³-hybridized carbons (Fsp3) is 0.211. The predicted octanol–water partition coefficient (Wildman–Crippen LogP) is 4.38. The Balaban J connectivity index is 2.14. The first-order valence-corrected chi connectivity index (χ1v) is 8.36. The standard InChI is InChI=1S/C19H18BrNO2/c1-3-15-11-19(22)17-10-14(20)6-9-18(17)21(15)12-13-4-7-16(23-2)8-5-13/h4-11H,3,12H2,1-2H3. The lowest BCUT2D eigenvalue weighted by atomic mass is 10.1. The molecule has 3 nitrogen and oxygen atoms in total. The fourth-order valence-corrected chi connectivity index (χ4v) is 3.16. The van der Waals surface area contributed by atoms with Crippen molar-refractivity contribution in [3.05, 3.63) is 74.5 Å². The Labute approximate surface area is 143 Å². The third kappa shape index (κ3) is 3.17. The van der Waals surface area contributed by atoms with Gasteiger partial charge in [0.25, 0.3) is 0 Å². The van der Waals surface area contributed by atoms with Gasteiger partial charge in [0.15, 0.2) is 5.43 Å². The normalized spacial score (nSPS) is 10.9. The van der Waals surface area contributed by atoms with Crippen LogP contribution in [0.25, 0.3) is 10.9 Å². The van der Waals surface area contributed by atoms with Crippen molar-refractivity contribution in [3.8, 4) is 5.75 Å². The van der Waals surface area contributed by atoms with Gasteiger partial charge in [-0.25, -0.2) is 0 Å². The number of nitrogens with zero attached hydrogens (tertiary/aromatic N) is 1. The molecule has 0 aliphatic carbocycles. The van der Waals surface area contributed by atoms with E-state index in [1.165, 1.54) is 5.56 Å². The number of ether oxygens (including phenoxy) is 1. The molecule has 0 atom stereocenters. The highest BCUT2D eigenvalue weighted by Crippen LogP contribution is 2.21. The van der Waals surface area contributed by atoms with E-state index in [0.29, 0.717) is 0 Å². The maximum Gasteiger partial charge on any atom is 0.189 e. The summed E-state index contributed by atoms with van der Waals surface area (Å²) in [7, 11) is 1.66. The van der Waals surface area contributed by atoms with Gasteiger partial charge < -0.3 is 9.30 Å². The molecule has 3 aromatic rings. The van der Waals surface area contributed by atoms with Crippen molar-refractivity contribution in [2.75, 3.05) is 7.11 Å². The summed E-state index contributed by atoms with van der Waals surface area (Å²) in [6, 6.07) is 15.7. The number of rotatable bonds is 4. The van der Waals surface area contributed by atoms with Crippen LogP contribution in [0.3, 0.4) is 0 Å². The third-order valence-corrected chi connectivity index (χ3v) is 4.51. The average molecular weight is 372 g/mol. The van der Waals surface area contributed by atoms with E-state index in [4.69, 9.17) is 4.74 Å². The number of benzene rings is 2. The maximum absolute atomic E-state index is 12.3. The van der Waals surface area contributed by atoms with Crippen LogP contribution in [-0.2, 0) is 13.0 Å². The Morgan fingerprint density at radius 3 is 2.48 bits per heavy atom. The first-order chi connectivity index (χ1) is 11.1. The molecular formula is C19H18BrNO2. The lowest BCUT2D eigenvalue weighted by Gasteiger charge is -2.16. The smallest absolute Gasteiger partial charge is 0.189 e. The Kier molecular flexibility index (Phi) is 4.53. The van der Waals surface area contributed by atoms with Crippen molar-refractivity contribution in [2.24, 2.45) is 0 Å². The summed E-state index contributed by atoms with van der Waals surface area (Å²) in [6.45, 7) is 2.80. The van der Waals surface area contributed by atoms with Gasteiger partial charge in [-0.05, 0) is 42.3 Å². The van der Waals surface area contributed by atoms with Gasteiger partial charge in [0.2, 0.25) is 0 Å². The maximum atomic E-state index is 12.3. The SMILES string of the molecule is CCc1cc(=O)c2cc(Br)ccc2n1Cc1ccc(OC)cc1. The molecule has 0 saturated carbocycles. The Morgan fingerprint density at radius 2 is 1.83 bits per heavy atom. The zero-order chi connectivity index (χ0) is 16.4. The van der Waals surface area contributed by atoms with Crippen molar-refractivity contribution >= 4 is 26.8 Å². The number of methoxy groups -OCH3 is 1. The van der Waals surface area contributed by atoms with Gasteiger partial charge in [0, 0.05) is 28.2 Å². The zero-order valence-corrected chi connectivity index (χ0v) is 14.8. The second-order valence-corrected chi connectivity index (χ2v) is 6.36. The van der Waals surface area contributed by atoms with Crippen LogP contribution in [-0.4, -0.2) is 11.7 Å². The van der Waals surface area contributed by atoms with Crippen LogP contribution in [0.4, 0.5) is 0 Å². The molecule has 0 aliphatic rings. The molecule has 0 N–H and O–H groups in total. The Bertz CT molecular complexity index is 898. The van der Waals surface area contributed by atoms with Gasteiger partial charge in [0.05, 0.1) is 12.6 Å². The van der Waals surface area contributed by atoms with Gasteiger partial charge >= 0.3 is 0 Å². The molecule has 3 rings (SSSR count). The molecule has 1 aromatic heterocycles. The molecule has 0 radical (unpaired) electrons. The molecule has 0 bridgehead atoms. The number of halogens is 1. The molecule has 2 aromatic carbocycles. The molecule has 0 aliphatic heterocycles. The van der Waals surface area contributed by atoms with E-state index in [1.54, 1.807) is 13.2 Å². The highest BCUT2D eigenvalue weighted by atomic mass is 79.9. The summed E-state index contributed by atoms with van der Waals surface area (Å²) in [5.41, 5.74) is 3.26. The summed E-state index contributed by atoms with van der Waals surface area (Å²) in [6.07, 6.45) is 0.817. The van der Waals surface area contributed by atoms with E-state index in [0.717, 1.165) is 39.8 Å². The van der Waals surface area contributed by atoms with Crippen LogP contribution in [0.5, 0.6) is 5.75 Å². The number of pyridine rings is 1. The van der Waals surface area contributed by atoms with Gasteiger partial charge in [-0.3, -0.25) is 4.79 Å². The first-order valence-electron chi connectivity index (χ1n) is 7.57. The molecular weight excluding hydrogens is 354 g/mol. The van der Waals surface area contributed by atoms with Crippen LogP contribution in [0.1, 0.15) is 18.2 Å². The molecule has 0 spiro atoms. The number of hydrogen-bond acceptors (Lipinski definition) is 2. The largest absolute Gasteiger partial charge is 0.497 e. The lowest BCUT2D eigenvalue weighted by Crippen LogP contribution is -2.14. The number of aromatic nitrogens is 1. The topological polar surface area (TPSA) is 31.2 Å². The Hall–Kier alpha value is -2.07. The fourth-order valence-electron chi connectivity index (χ4n) is 2.80. The zero-order valence-electron chi connectivity index (χ0n) is 13.2. The molecule has 23 heavy (non-hydrogen) atoms. The van der Waals surface area contributed by atoms with Crippen molar-refractivity contribution < 1.29 is 4.74 Å². The van der Waals surface area contributed by atoms with E-state index < -0.39 is 0 Å². The van der Waals surface area contributed by atoms with E-state index >= 15 is 0 Å². The quantitative estimate of drug-likeness (QED) is 0.681. The number of fused-ring (bicyclic) bond motifs is 1. The van der Waals surface area contributed by atoms with E-state index in [1.807, 2.05) is 30.3 Å². The second-order valence-electron chi connectivity index (χ2n) is 5.45. The molecule has 1 heterocycles. The van der Waals surface area contributed by atoms with Crippen LogP contribution >= 0.6 is 15.9 Å². The Morgan fingerprint density at radius 1 is 1.09 bits per heavy atom. The van der Waals surface area contributed by atoms with Gasteiger partial charge in [0.1, 0.15) is 5.75 Å². The monoisotopic (exact) mass is 371 g/mol. The van der Waals surface area contributed by atoms with Crippen molar-refractivity contribution in [1.82, 2.24) is 4.57 Å². The number of aryl methyl sites for hydroxylation is 1. The summed E-state index contributed by atoms with van der Waals surface area (Å²) >= 11 is 3.45. The van der Waals surface area contributed by atoms with Gasteiger partial charge in [-0.1, -0.05) is 35.0 Å².